The van der Waals surface area contributed by atoms with Crippen molar-refractivity contribution in [2.45, 2.75) is 29.7 Å². The van der Waals surface area contributed by atoms with E-state index in [4.69, 9.17) is 119 Å². The van der Waals surface area contributed by atoms with Gasteiger partial charge >= 0.3 is 18.5 Å². The van der Waals surface area contributed by atoms with Gasteiger partial charge in [-0.2, -0.15) is 0 Å². The second-order valence-corrected chi connectivity index (χ2v) is 14.0. The summed E-state index contributed by atoms with van der Waals surface area (Å²) in [7, 11) is 0. The zero-order valence-corrected chi connectivity index (χ0v) is 23.6. The van der Waals surface area contributed by atoms with E-state index in [0.29, 0.717) is 0 Å². The van der Waals surface area contributed by atoms with Gasteiger partial charge < -0.3 is 33.5 Å². The van der Waals surface area contributed by atoms with Crippen LogP contribution >= 0.6 is 104 Å². The van der Waals surface area contributed by atoms with Crippen molar-refractivity contribution >= 4 is 123 Å². The molecule has 0 aromatic heterocycles. The van der Waals surface area contributed by atoms with E-state index in [1.807, 2.05) is 0 Å². The molecule has 0 radical (unpaired) electrons. The second-order valence-electron chi connectivity index (χ2n) is 6.44. The molecule has 10 nitrogen and oxygen atoms in total. The molecule has 0 bridgehead atoms. The van der Waals surface area contributed by atoms with Crippen molar-refractivity contribution in [3.63, 3.8) is 0 Å². The molecule has 1 aliphatic rings. The Labute approximate surface area is 243 Å². The summed E-state index contributed by atoms with van der Waals surface area (Å²) in [6.07, 6.45) is -6.26. The number of aliphatic hydroxyl groups is 1. The van der Waals surface area contributed by atoms with Crippen LogP contribution in [0.3, 0.4) is 0 Å². The fourth-order valence-electron chi connectivity index (χ4n) is 2.32. The minimum absolute atomic E-state index is 0.619. The van der Waals surface area contributed by atoms with Gasteiger partial charge in [0.1, 0.15) is 19.8 Å². The molecule has 0 aliphatic heterocycles. The molecule has 1 aliphatic carbocycles. The maximum atomic E-state index is 12.2. The van der Waals surface area contributed by atoms with Crippen LogP contribution in [0.15, 0.2) is 12.2 Å². The summed E-state index contributed by atoms with van der Waals surface area (Å²) < 4.78 is 23.4. The highest BCUT2D eigenvalue weighted by Crippen LogP contribution is 2.31. The quantitative estimate of drug-likeness (QED) is 0.151. The topological polar surface area (TPSA) is 127 Å². The van der Waals surface area contributed by atoms with Crippen LogP contribution in [-0.2, 0) is 28.4 Å². The van der Waals surface area contributed by atoms with Gasteiger partial charge in [-0.1, -0.05) is 110 Å². The molecule has 0 aromatic rings. The van der Waals surface area contributed by atoms with Gasteiger partial charge in [0.15, 0.2) is 18.3 Å². The van der Waals surface area contributed by atoms with Gasteiger partial charge in [-0.25, -0.2) is 14.4 Å². The van der Waals surface area contributed by atoms with Gasteiger partial charge in [0.05, 0.1) is 6.61 Å². The van der Waals surface area contributed by atoms with Crippen LogP contribution in [0.25, 0.3) is 0 Å². The lowest BCUT2D eigenvalue weighted by Crippen LogP contribution is -2.51. The molecule has 0 saturated heterocycles. The highest BCUT2D eigenvalue weighted by Gasteiger charge is 2.45. The minimum atomic E-state index is -1.98. The Morgan fingerprint density at radius 1 is 0.629 bits per heavy atom. The van der Waals surface area contributed by atoms with Gasteiger partial charge in [-0.15, -0.1) is 0 Å². The zero-order chi connectivity index (χ0) is 27.0. The first-order valence-electron chi connectivity index (χ1n) is 8.90. The van der Waals surface area contributed by atoms with Crippen molar-refractivity contribution in [1.82, 2.24) is 0 Å². The number of halogens is 9. The Morgan fingerprint density at radius 2 is 1.00 bits per heavy atom. The predicted molar refractivity (Wildman–Crippen MR) is 129 cm³/mol. The third-order valence-electron chi connectivity index (χ3n) is 3.59. The fourth-order valence-corrected chi connectivity index (χ4v) is 2.81. The van der Waals surface area contributed by atoms with Crippen LogP contribution in [0.2, 0.25) is 0 Å². The average Bonchev–Trinajstić information content (AvgIpc) is 2.70. The van der Waals surface area contributed by atoms with Crippen LogP contribution < -0.4 is 0 Å². The van der Waals surface area contributed by atoms with E-state index >= 15 is 0 Å². The SMILES string of the molecule is O=C(OCC(Cl)(Cl)Cl)O[C@@H]1[C@@H](OC(=O)OCC(Cl)(Cl)Cl)[C@H](OC(=O)OCC(Cl)(Cl)Cl)C=C[C@H]1CO. The summed E-state index contributed by atoms with van der Waals surface area (Å²) in [5.74, 6) is -0.988. The summed E-state index contributed by atoms with van der Waals surface area (Å²) in [5, 5.41) is 9.69. The molecule has 35 heavy (non-hydrogen) atoms. The molecule has 19 heteroatoms. The molecule has 0 spiro atoms. The van der Waals surface area contributed by atoms with Gasteiger partial charge in [-0.3, -0.25) is 0 Å². The first kappa shape index (κ1) is 33.1. The lowest BCUT2D eigenvalue weighted by atomic mass is 9.88. The number of ether oxygens (including phenoxy) is 6. The number of hydrogen-bond acceptors (Lipinski definition) is 10. The Balaban J connectivity index is 3.08. The van der Waals surface area contributed by atoms with Crippen LogP contribution in [0.4, 0.5) is 14.4 Å². The van der Waals surface area contributed by atoms with Crippen molar-refractivity contribution in [1.29, 1.82) is 0 Å². The highest BCUT2D eigenvalue weighted by molar-refractivity contribution is 6.68. The molecule has 4 atom stereocenters. The van der Waals surface area contributed by atoms with Crippen molar-refractivity contribution in [3.8, 4) is 0 Å². The average molecular weight is 686 g/mol. The molecule has 202 valence electrons. The summed E-state index contributed by atoms with van der Waals surface area (Å²) in [5.41, 5.74) is 0. The molecule has 0 amide bonds. The molecule has 0 unspecified atom stereocenters. The van der Waals surface area contributed by atoms with Crippen LogP contribution in [0.5, 0.6) is 0 Å². The van der Waals surface area contributed by atoms with Crippen LogP contribution in [0.1, 0.15) is 0 Å². The number of hydrogen-bond donors (Lipinski definition) is 1. The maximum absolute atomic E-state index is 12.2. The van der Waals surface area contributed by atoms with E-state index in [1.54, 1.807) is 0 Å². The molecule has 0 saturated carbocycles. The molecule has 0 aromatic carbocycles. The zero-order valence-electron chi connectivity index (χ0n) is 16.8. The summed E-state index contributed by atoms with van der Waals surface area (Å²) in [6, 6.07) is 0. The summed E-state index contributed by atoms with van der Waals surface area (Å²) in [4.78, 5) is 36.3. The molecule has 0 heterocycles. The summed E-state index contributed by atoms with van der Waals surface area (Å²) >= 11 is 49.6. The van der Waals surface area contributed by atoms with Gasteiger partial charge in [0.25, 0.3) is 0 Å². The minimum Gasteiger partial charge on any atom is -0.430 e. The van der Waals surface area contributed by atoms with Crippen LogP contribution in [0, 0.1) is 5.92 Å². The first-order valence-corrected chi connectivity index (χ1v) is 12.3. The standard InChI is InChI=1S/C16H15Cl9O10/c17-14(18,19)4-30-11(27)33-8-2-1-7(3-26)9(34-12(28)31-5-15(20,21)22)10(8)35-13(29)32-6-16(23,24)25/h1-2,7-10,26H,3-6H2/t7-,8+,9-,10-/m0/s1. The highest BCUT2D eigenvalue weighted by atomic mass is 35.6. The number of rotatable bonds is 7. The number of aliphatic hydroxyl groups excluding tert-OH is 1. The van der Waals surface area contributed by atoms with Crippen molar-refractivity contribution < 1.29 is 47.9 Å². The molecule has 1 rings (SSSR count). The first-order chi connectivity index (χ1) is 15.9. The smallest absolute Gasteiger partial charge is 0.430 e. The molecule has 0 fully saturated rings. The van der Waals surface area contributed by atoms with Gasteiger partial charge in [0, 0.05) is 5.92 Å². The van der Waals surface area contributed by atoms with Crippen molar-refractivity contribution in [3.05, 3.63) is 12.2 Å². The summed E-state index contributed by atoms with van der Waals surface area (Å²) in [6.45, 7) is -2.74. The van der Waals surface area contributed by atoms with E-state index in [0.717, 1.165) is 0 Å². The third kappa shape index (κ3) is 14.6. The number of carbonyl (C=O) groups excluding carboxylic acids is 3. The normalized spacial score (nSPS) is 22.7. The lowest BCUT2D eigenvalue weighted by Gasteiger charge is -2.36. The Bertz CT molecular complexity index is 762. The monoisotopic (exact) mass is 682 g/mol. The lowest BCUT2D eigenvalue weighted by molar-refractivity contribution is -0.116. The van der Waals surface area contributed by atoms with Crippen LogP contribution in [-0.4, -0.2) is 79.7 Å². The van der Waals surface area contributed by atoms with Gasteiger partial charge in [0.2, 0.25) is 11.4 Å². The Morgan fingerprint density at radius 3 is 1.37 bits per heavy atom. The van der Waals surface area contributed by atoms with E-state index in [2.05, 4.69) is 14.2 Å². The van der Waals surface area contributed by atoms with Crippen molar-refractivity contribution in [2.75, 3.05) is 26.4 Å². The van der Waals surface area contributed by atoms with Crippen molar-refractivity contribution in [2.24, 2.45) is 5.92 Å². The molecular formula is C16H15Cl9O10. The third-order valence-corrected chi connectivity index (χ3v) is 4.57. The van der Waals surface area contributed by atoms with E-state index in [9.17, 15) is 19.5 Å². The number of carbonyl (C=O) groups is 3. The number of alkyl halides is 9. The van der Waals surface area contributed by atoms with E-state index in [1.165, 1.54) is 12.2 Å². The van der Waals surface area contributed by atoms with Gasteiger partial charge in [-0.05, 0) is 6.08 Å². The largest absolute Gasteiger partial charge is 0.509 e. The second kappa shape index (κ2) is 14.3. The van der Waals surface area contributed by atoms with E-state index in [-0.39, 0.29) is 0 Å². The molecular weight excluding hydrogens is 671 g/mol. The predicted octanol–water partition coefficient (Wildman–Crippen LogP) is 5.84. The Kier molecular flexibility index (Phi) is 13.6. The maximum Gasteiger partial charge on any atom is 0.509 e. The van der Waals surface area contributed by atoms with E-state index < -0.39 is 80.5 Å². The molecule has 1 N–H and O–H groups in total. The fraction of sp³-hybridized carbons (Fsp3) is 0.688. The Hall–Kier alpha value is 0.120.